The van der Waals surface area contributed by atoms with Crippen molar-refractivity contribution in [3.05, 3.63) is 47.7 Å². The second kappa shape index (κ2) is 4.87. The van der Waals surface area contributed by atoms with Crippen LogP contribution in [0.25, 0.3) is 0 Å². The molecule has 1 aromatic carbocycles. The molecule has 0 radical (unpaired) electrons. The summed E-state index contributed by atoms with van der Waals surface area (Å²) in [7, 11) is 1.25. The van der Waals surface area contributed by atoms with E-state index in [0.717, 1.165) is 0 Å². The van der Waals surface area contributed by atoms with Gasteiger partial charge in [-0.25, -0.2) is 14.2 Å². The normalized spacial score (nSPS) is 10.3. The topological polar surface area (TPSA) is 70.1 Å². The van der Waals surface area contributed by atoms with Crippen molar-refractivity contribution in [2.75, 3.05) is 12.8 Å². The number of esters is 1. The highest BCUT2D eigenvalue weighted by atomic mass is 19.1. The van der Waals surface area contributed by atoms with Gasteiger partial charge in [0, 0.05) is 5.56 Å². The molecule has 0 saturated heterocycles. The van der Waals surface area contributed by atoms with E-state index in [4.69, 9.17) is 5.73 Å². The monoisotopic (exact) mass is 249 g/mol. The Kier molecular flexibility index (Phi) is 3.27. The summed E-state index contributed by atoms with van der Waals surface area (Å²) in [5.74, 6) is -0.782. The largest absolute Gasteiger partial charge is 0.464 e. The molecular weight excluding hydrogens is 237 g/mol. The van der Waals surface area contributed by atoms with Crippen LogP contribution in [-0.2, 0) is 11.3 Å². The molecule has 2 aromatic rings. The van der Waals surface area contributed by atoms with Crippen LogP contribution in [0, 0.1) is 5.82 Å². The third-order valence-corrected chi connectivity index (χ3v) is 2.56. The summed E-state index contributed by atoms with van der Waals surface area (Å²) in [6.45, 7) is 0.211. The number of carbonyl (C=O) groups is 1. The molecule has 5 nitrogen and oxygen atoms in total. The Morgan fingerprint density at radius 3 is 2.89 bits per heavy atom. The molecule has 94 valence electrons. The summed E-state index contributed by atoms with van der Waals surface area (Å²) in [5.41, 5.74) is 6.26. The molecule has 2 rings (SSSR count). The van der Waals surface area contributed by atoms with Gasteiger partial charge in [0.15, 0.2) is 5.69 Å². The Morgan fingerprint density at radius 2 is 2.22 bits per heavy atom. The first-order chi connectivity index (χ1) is 8.63. The van der Waals surface area contributed by atoms with Crippen LogP contribution in [0.4, 0.5) is 10.2 Å². The summed E-state index contributed by atoms with van der Waals surface area (Å²) >= 11 is 0. The van der Waals surface area contributed by atoms with Gasteiger partial charge in [-0.05, 0) is 6.07 Å². The predicted octanol–water partition coefficient (Wildman–Crippen LogP) is 1.44. The van der Waals surface area contributed by atoms with Crippen LogP contribution in [0.1, 0.15) is 16.1 Å². The SMILES string of the molecule is COC(=O)c1ncn(Cc2ccccc2F)c1N. The molecule has 0 aliphatic carbocycles. The molecule has 0 aliphatic rings. The number of hydrogen-bond acceptors (Lipinski definition) is 4. The smallest absolute Gasteiger partial charge is 0.360 e. The van der Waals surface area contributed by atoms with Crippen molar-refractivity contribution in [1.29, 1.82) is 0 Å². The van der Waals surface area contributed by atoms with Gasteiger partial charge in [-0.3, -0.25) is 0 Å². The highest BCUT2D eigenvalue weighted by molar-refractivity contribution is 5.92. The summed E-state index contributed by atoms with van der Waals surface area (Å²) in [5, 5.41) is 0. The van der Waals surface area contributed by atoms with E-state index in [0.29, 0.717) is 5.56 Å². The summed E-state index contributed by atoms with van der Waals surface area (Å²) in [6.07, 6.45) is 1.38. The summed E-state index contributed by atoms with van der Waals surface area (Å²) < 4.78 is 19.5. The Labute approximate surface area is 103 Å². The molecule has 1 heterocycles. The molecule has 1 aromatic heterocycles. The van der Waals surface area contributed by atoms with Crippen LogP contribution in [0.3, 0.4) is 0 Å². The van der Waals surface area contributed by atoms with Crippen molar-refractivity contribution in [1.82, 2.24) is 9.55 Å². The lowest BCUT2D eigenvalue weighted by atomic mass is 10.2. The number of aromatic nitrogens is 2. The number of anilines is 1. The van der Waals surface area contributed by atoms with Crippen molar-refractivity contribution < 1.29 is 13.9 Å². The molecular formula is C12H12FN3O2. The Balaban J connectivity index is 2.29. The molecule has 0 saturated carbocycles. The van der Waals surface area contributed by atoms with E-state index in [-0.39, 0.29) is 23.9 Å². The molecule has 18 heavy (non-hydrogen) atoms. The molecule has 0 amide bonds. The number of nitrogens with two attached hydrogens (primary N) is 1. The van der Waals surface area contributed by atoms with E-state index in [2.05, 4.69) is 9.72 Å². The molecule has 0 spiro atoms. The zero-order valence-electron chi connectivity index (χ0n) is 9.76. The molecule has 0 aliphatic heterocycles. The Hall–Kier alpha value is -2.37. The number of nitrogen functional groups attached to an aromatic ring is 1. The molecule has 6 heteroatoms. The Bertz CT molecular complexity index is 580. The van der Waals surface area contributed by atoms with Crippen molar-refractivity contribution in [2.24, 2.45) is 0 Å². The van der Waals surface area contributed by atoms with Crippen molar-refractivity contribution in [3.8, 4) is 0 Å². The zero-order valence-corrected chi connectivity index (χ0v) is 9.76. The van der Waals surface area contributed by atoms with E-state index >= 15 is 0 Å². The van der Waals surface area contributed by atoms with E-state index in [9.17, 15) is 9.18 Å². The van der Waals surface area contributed by atoms with Crippen LogP contribution in [0.15, 0.2) is 30.6 Å². The first kappa shape index (κ1) is 12.1. The third kappa shape index (κ3) is 2.17. The highest BCUT2D eigenvalue weighted by Gasteiger charge is 2.16. The number of ether oxygens (including phenoxy) is 1. The number of methoxy groups -OCH3 is 1. The quantitative estimate of drug-likeness (QED) is 0.835. The van der Waals surface area contributed by atoms with Crippen molar-refractivity contribution >= 4 is 11.8 Å². The molecule has 2 N–H and O–H groups in total. The van der Waals surface area contributed by atoms with Gasteiger partial charge in [0.2, 0.25) is 0 Å². The highest BCUT2D eigenvalue weighted by Crippen LogP contribution is 2.15. The van der Waals surface area contributed by atoms with Gasteiger partial charge in [-0.15, -0.1) is 0 Å². The van der Waals surface area contributed by atoms with Gasteiger partial charge in [-0.2, -0.15) is 0 Å². The molecule has 0 atom stereocenters. The number of halogens is 1. The Morgan fingerprint density at radius 1 is 1.50 bits per heavy atom. The fourth-order valence-electron chi connectivity index (χ4n) is 1.58. The van der Waals surface area contributed by atoms with Gasteiger partial charge in [0.1, 0.15) is 11.6 Å². The standard InChI is InChI=1S/C12H12FN3O2/c1-18-12(17)10-11(14)16(7-15-10)6-8-4-2-3-5-9(8)13/h2-5,7H,6,14H2,1H3. The van der Waals surface area contributed by atoms with Crippen LogP contribution in [-0.4, -0.2) is 22.6 Å². The predicted molar refractivity (Wildman–Crippen MR) is 63.5 cm³/mol. The van der Waals surface area contributed by atoms with E-state index in [1.165, 1.54) is 24.1 Å². The molecule has 0 bridgehead atoms. The third-order valence-electron chi connectivity index (χ3n) is 2.56. The minimum atomic E-state index is -0.611. The number of hydrogen-bond donors (Lipinski definition) is 1. The van der Waals surface area contributed by atoms with E-state index in [1.54, 1.807) is 18.2 Å². The van der Waals surface area contributed by atoms with Gasteiger partial charge in [-0.1, -0.05) is 18.2 Å². The van der Waals surface area contributed by atoms with Crippen LogP contribution < -0.4 is 5.73 Å². The van der Waals surface area contributed by atoms with Crippen molar-refractivity contribution in [2.45, 2.75) is 6.54 Å². The van der Waals surface area contributed by atoms with Crippen LogP contribution in [0.2, 0.25) is 0 Å². The number of carbonyl (C=O) groups excluding carboxylic acids is 1. The lowest BCUT2D eigenvalue weighted by molar-refractivity contribution is 0.0596. The van der Waals surface area contributed by atoms with Gasteiger partial charge >= 0.3 is 5.97 Å². The minimum absolute atomic E-state index is 0.0360. The maximum absolute atomic E-state index is 13.5. The molecule has 0 unspecified atom stereocenters. The number of imidazole rings is 1. The second-order valence-corrected chi connectivity index (χ2v) is 3.69. The first-order valence-electron chi connectivity index (χ1n) is 5.25. The number of nitrogens with zero attached hydrogens (tertiary/aromatic N) is 2. The lowest BCUT2D eigenvalue weighted by Gasteiger charge is -2.06. The van der Waals surface area contributed by atoms with Crippen LogP contribution >= 0.6 is 0 Å². The van der Waals surface area contributed by atoms with Gasteiger partial charge in [0.25, 0.3) is 0 Å². The minimum Gasteiger partial charge on any atom is -0.464 e. The summed E-state index contributed by atoms with van der Waals surface area (Å²) in [6, 6.07) is 6.35. The second-order valence-electron chi connectivity index (χ2n) is 3.69. The summed E-state index contributed by atoms with van der Waals surface area (Å²) in [4.78, 5) is 15.2. The van der Waals surface area contributed by atoms with Gasteiger partial charge < -0.3 is 15.0 Å². The lowest BCUT2D eigenvalue weighted by Crippen LogP contribution is -2.09. The van der Waals surface area contributed by atoms with E-state index in [1.807, 2.05) is 0 Å². The van der Waals surface area contributed by atoms with Crippen LogP contribution in [0.5, 0.6) is 0 Å². The maximum atomic E-state index is 13.5. The van der Waals surface area contributed by atoms with Crippen molar-refractivity contribution in [3.63, 3.8) is 0 Å². The number of benzene rings is 1. The zero-order chi connectivity index (χ0) is 13.1. The fourth-order valence-corrected chi connectivity index (χ4v) is 1.58. The number of rotatable bonds is 3. The average Bonchev–Trinajstić information content (AvgIpc) is 2.73. The molecule has 0 fully saturated rings. The fraction of sp³-hybridized carbons (Fsp3) is 0.167. The average molecular weight is 249 g/mol. The first-order valence-corrected chi connectivity index (χ1v) is 5.25. The van der Waals surface area contributed by atoms with E-state index < -0.39 is 5.97 Å². The maximum Gasteiger partial charge on any atom is 0.360 e. The van der Waals surface area contributed by atoms with Gasteiger partial charge in [0.05, 0.1) is 20.0 Å².